The highest BCUT2D eigenvalue weighted by molar-refractivity contribution is 7.89. The van der Waals surface area contributed by atoms with Gasteiger partial charge in [0.2, 0.25) is 5.69 Å². The first kappa shape index (κ1) is 16.3. The topological polar surface area (TPSA) is 49.6 Å². The molecule has 0 bridgehead atoms. The van der Waals surface area contributed by atoms with Crippen LogP contribution in [-0.4, -0.2) is 38.6 Å². The smallest absolute Gasteiger partial charge is 0.436 e. The fourth-order valence-corrected chi connectivity index (χ4v) is 6.43. The molecule has 5 nitrogen and oxygen atoms in total. The average Bonchev–Trinajstić information content (AvgIpc) is 2.91. The minimum absolute atomic E-state index is 0.198. The van der Waals surface area contributed by atoms with Gasteiger partial charge >= 0.3 is 5.91 Å². The summed E-state index contributed by atoms with van der Waals surface area (Å²) in [6, 6.07) is 14.5. The van der Waals surface area contributed by atoms with Crippen LogP contribution in [0.25, 0.3) is 0 Å². The zero-order valence-corrected chi connectivity index (χ0v) is 15.0. The molecule has 0 aliphatic carbocycles. The van der Waals surface area contributed by atoms with E-state index in [0.717, 1.165) is 32.4 Å². The van der Waals surface area contributed by atoms with Gasteiger partial charge in [0.25, 0.3) is 9.92 Å². The van der Waals surface area contributed by atoms with Crippen LogP contribution >= 0.6 is 0 Å². The Bertz CT molecular complexity index is 937. The molecule has 130 valence electrons. The largest absolute Gasteiger partial charge is 0.497 e. The molecule has 1 saturated heterocycles. The van der Waals surface area contributed by atoms with Crippen LogP contribution in [0.1, 0.15) is 29.6 Å². The van der Waals surface area contributed by atoms with Crippen molar-refractivity contribution in [3.63, 3.8) is 0 Å². The lowest BCUT2D eigenvalue weighted by Crippen LogP contribution is -2.38. The van der Waals surface area contributed by atoms with Gasteiger partial charge < -0.3 is 4.74 Å². The maximum absolute atomic E-state index is 14.3. The predicted molar refractivity (Wildman–Crippen MR) is 95.5 cm³/mol. The Morgan fingerprint density at radius 3 is 2.36 bits per heavy atom. The van der Waals surface area contributed by atoms with Crippen LogP contribution in [0.15, 0.2) is 53.4 Å². The summed E-state index contributed by atoms with van der Waals surface area (Å²) in [4.78, 5) is 13.7. The van der Waals surface area contributed by atoms with Crippen molar-refractivity contribution in [2.24, 2.45) is 0 Å². The second kappa shape index (κ2) is 6.28. The molecular weight excluding hydrogens is 336 g/mol. The number of hydrogen-bond acceptors (Lipinski definition) is 3. The molecule has 0 saturated carbocycles. The van der Waals surface area contributed by atoms with Crippen molar-refractivity contribution in [1.82, 2.24) is 4.31 Å². The SMILES string of the molecule is COc1ccc([N+]2=S(=O)(N3CCCCC3)c3ccccc3C2=O)cc1. The number of carbonyl (C=O) groups is 1. The van der Waals surface area contributed by atoms with Crippen LogP contribution in [0.5, 0.6) is 5.75 Å². The highest BCUT2D eigenvalue weighted by Gasteiger charge is 2.47. The van der Waals surface area contributed by atoms with E-state index in [1.165, 1.54) is 3.95 Å². The molecule has 2 heterocycles. The first-order chi connectivity index (χ1) is 12.2. The van der Waals surface area contributed by atoms with Gasteiger partial charge in [0.1, 0.15) is 16.2 Å². The molecule has 0 N–H and O–H groups in total. The van der Waals surface area contributed by atoms with Crippen molar-refractivity contribution in [3.8, 4) is 5.75 Å². The highest BCUT2D eigenvalue weighted by Crippen LogP contribution is 2.35. The molecule has 2 aromatic carbocycles. The number of ether oxygens (including phenoxy) is 1. The number of hydrogen-bond donors (Lipinski definition) is 0. The molecule has 0 spiro atoms. The summed E-state index contributed by atoms with van der Waals surface area (Å²) in [6.07, 6.45) is 3.15. The zero-order valence-electron chi connectivity index (χ0n) is 14.2. The summed E-state index contributed by atoms with van der Waals surface area (Å²) in [7, 11) is -1.20. The van der Waals surface area contributed by atoms with E-state index in [-0.39, 0.29) is 5.91 Å². The van der Waals surface area contributed by atoms with Crippen molar-refractivity contribution in [3.05, 3.63) is 54.1 Å². The van der Waals surface area contributed by atoms with Crippen molar-refractivity contribution >= 4 is 21.5 Å². The third-order valence-corrected chi connectivity index (χ3v) is 7.67. The van der Waals surface area contributed by atoms with Crippen molar-refractivity contribution in [1.29, 1.82) is 0 Å². The monoisotopic (exact) mass is 357 g/mol. The van der Waals surface area contributed by atoms with Crippen LogP contribution < -0.4 is 4.74 Å². The molecule has 0 aromatic heterocycles. The summed E-state index contributed by atoms with van der Waals surface area (Å²) < 4.78 is 22.9. The Morgan fingerprint density at radius 2 is 1.68 bits per heavy atom. The third kappa shape index (κ3) is 2.48. The van der Waals surface area contributed by atoms with Gasteiger partial charge in [-0.05, 0) is 37.1 Å². The van der Waals surface area contributed by atoms with E-state index in [1.807, 2.05) is 22.5 Å². The van der Waals surface area contributed by atoms with Crippen LogP contribution in [0.2, 0.25) is 0 Å². The Balaban J connectivity index is 1.97. The summed E-state index contributed by atoms with van der Waals surface area (Å²) in [5.74, 6) is 0.508. The van der Waals surface area contributed by atoms with Crippen LogP contribution in [0.3, 0.4) is 0 Å². The molecule has 1 amide bonds. The third-order valence-electron chi connectivity index (χ3n) is 4.81. The molecule has 2 aliphatic rings. The first-order valence-electron chi connectivity index (χ1n) is 8.53. The molecule has 2 aliphatic heterocycles. The molecule has 2 aromatic rings. The molecule has 1 fully saturated rings. The van der Waals surface area contributed by atoms with Crippen LogP contribution in [0, 0.1) is 0 Å². The van der Waals surface area contributed by atoms with Gasteiger partial charge in [-0.2, -0.15) is 8.51 Å². The lowest BCUT2D eigenvalue weighted by atomic mass is 10.2. The number of rotatable bonds is 3. The van der Waals surface area contributed by atoms with Gasteiger partial charge in [-0.15, -0.1) is 0 Å². The van der Waals surface area contributed by atoms with E-state index >= 15 is 0 Å². The molecule has 0 radical (unpaired) electrons. The van der Waals surface area contributed by atoms with Gasteiger partial charge in [-0.1, -0.05) is 22.5 Å². The van der Waals surface area contributed by atoms with E-state index in [4.69, 9.17) is 4.74 Å². The van der Waals surface area contributed by atoms with E-state index in [9.17, 15) is 9.00 Å². The Morgan fingerprint density at radius 1 is 1.00 bits per heavy atom. The number of nitrogens with zero attached hydrogens (tertiary/aromatic N) is 2. The van der Waals surface area contributed by atoms with E-state index in [2.05, 4.69) is 0 Å². The molecule has 1 unspecified atom stereocenters. The van der Waals surface area contributed by atoms with E-state index in [1.54, 1.807) is 37.4 Å². The standard InChI is InChI=1S/C19H21N2O3S/c1-24-16-11-9-15(10-12-16)21-19(22)17-7-3-4-8-18(17)25(21,23)20-13-5-2-6-14-20/h3-4,7-12H,2,5-6,13-14H2,1H3/q+1. The minimum Gasteiger partial charge on any atom is -0.497 e. The van der Waals surface area contributed by atoms with E-state index < -0.39 is 9.92 Å². The van der Waals surface area contributed by atoms with E-state index in [0.29, 0.717) is 21.9 Å². The quantitative estimate of drug-likeness (QED) is 0.791. The summed E-state index contributed by atoms with van der Waals surface area (Å²) in [5, 5.41) is 0. The van der Waals surface area contributed by atoms with Crippen molar-refractivity contribution < 1.29 is 17.7 Å². The zero-order chi connectivity index (χ0) is 17.4. The number of methoxy groups -OCH3 is 1. The summed E-state index contributed by atoms with van der Waals surface area (Å²) in [6.45, 7) is 1.49. The molecule has 6 heteroatoms. The summed E-state index contributed by atoms with van der Waals surface area (Å²) in [5.41, 5.74) is 1.17. The minimum atomic E-state index is -2.80. The van der Waals surface area contributed by atoms with Gasteiger partial charge in [0, 0.05) is 25.2 Å². The van der Waals surface area contributed by atoms with Gasteiger partial charge in [0.05, 0.1) is 7.11 Å². The molecular formula is C19H21N2O3S+. The average molecular weight is 357 g/mol. The molecule has 4 rings (SSSR count). The Hall–Kier alpha value is -2.18. The molecule has 1 atom stereocenters. The lowest BCUT2D eigenvalue weighted by molar-refractivity contribution is -0.311. The van der Waals surface area contributed by atoms with Crippen molar-refractivity contribution in [2.75, 3.05) is 20.2 Å². The number of fused-ring (bicyclic) bond motifs is 1. The Kier molecular flexibility index (Phi) is 4.09. The van der Waals surface area contributed by atoms with Crippen LogP contribution in [-0.2, 0) is 9.92 Å². The second-order valence-electron chi connectivity index (χ2n) is 6.28. The number of piperidine rings is 1. The first-order valence-corrected chi connectivity index (χ1v) is 10.0. The predicted octanol–water partition coefficient (Wildman–Crippen LogP) is 3.42. The second-order valence-corrected chi connectivity index (χ2v) is 8.59. The number of benzene rings is 2. The highest BCUT2D eigenvalue weighted by atomic mass is 32.2. The maximum atomic E-state index is 14.3. The fraction of sp³-hybridized carbons (Fsp3) is 0.316. The maximum Gasteiger partial charge on any atom is 0.436 e. The van der Waals surface area contributed by atoms with Gasteiger partial charge in [-0.25, -0.2) is 4.79 Å². The number of amides is 1. The van der Waals surface area contributed by atoms with Gasteiger partial charge in [0.15, 0.2) is 0 Å². The summed E-state index contributed by atoms with van der Waals surface area (Å²) >= 11 is 0. The van der Waals surface area contributed by atoms with Crippen LogP contribution in [0.4, 0.5) is 5.69 Å². The number of carbonyl (C=O) groups excluding carboxylic acids is 1. The Labute approximate surface area is 148 Å². The molecule has 25 heavy (non-hydrogen) atoms. The fourth-order valence-electron chi connectivity index (χ4n) is 3.54. The lowest BCUT2D eigenvalue weighted by Gasteiger charge is -2.25. The van der Waals surface area contributed by atoms with Gasteiger partial charge in [-0.3, -0.25) is 0 Å². The van der Waals surface area contributed by atoms with Crippen molar-refractivity contribution in [2.45, 2.75) is 24.2 Å². The normalized spacial score (nSPS) is 23.6.